The maximum absolute atomic E-state index is 13.2. The lowest BCUT2D eigenvalue weighted by atomic mass is 10.1. The molecule has 1 aromatic heterocycles. The predicted octanol–water partition coefficient (Wildman–Crippen LogP) is 3.64. The summed E-state index contributed by atoms with van der Waals surface area (Å²) in [6.45, 7) is 1.53. The molecule has 1 aliphatic rings. The molecule has 1 unspecified atom stereocenters. The van der Waals surface area contributed by atoms with E-state index in [1.807, 2.05) is 12.1 Å². The fraction of sp³-hybridized carbons (Fsp3) is 0.294. The number of amides is 1. The minimum absolute atomic E-state index is 0.0648. The summed E-state index contributed by atoms with van der Waals surface area (Å²) in [6.07, 6.45) is -3.58. The highest BCUT2D eigenvalue weighted by Crippen LogP contribution is 2.32. The Kier molecular flexibility index (Phi) is 5.28. The summed E-state index contributed by atoms with van der Waals surface area (Å²) in [7, 11) is 0. The van der Waals surface area contributed by atoms with Crippen molar-refractivity contribution in [3.05, 3.63) is 51.5 Å². The Morgan fingerprint density at radius 3 is 2.73 bits per heavy atom. The van der Waals surface area contributed by atoms with E-state index in [2.05, 4.69) is 27.7 Å². The van der Waals surface area contributed by atoms with E-state index in [4.69, 9.17) is 9.15 Å². The molecule has 1 N–H and O–H groups in total. The SMILES string of the molecule is CC1=NN(C(=O)c2ccc(COc3ccc(I)cc3)o2)C(O)(C(F)F)C1. The summed E-state index contributed by atoms with van der Waals surface area (Å²) in [6, 6.07) is 10.2. The van der Waals surface area contributed by atoms with Crippen LogP contribution >= 0.6 is 22.6 Å². The van der Waals surface area contributed by atoms with E-state index in [0.29, 0.717) is 16.5 Å². The van der Waals surface area contributed by atoms with E-state index in [-0.39, 0.29) is 18.1 Å². The van der Waals surface area contributed by atoms with E-state index in [9.17, 15) is 18.7 Å². The van der Waals surface area contributed by atoms with Gasteiger partial charge in [0.05, 0.1) is 0 Å². The van der Waals surface area contributed by atoms with Crippen molar-refractivity contribution >= 4 is 34.2 Å². The lowest BCUT2D eigenvalue weighted by Gasteiger charge is -2.29. The van der Waals surface area contributed by atoms with E-state index in [1.165, 1.54) is 19.1 Å². The predicted molar refractivity (Wildman–Crippen MR) is 97.0 cm³/mol. The summed E-state index contributed by atoms with van der Waals surface area (Å²) in [5, 5.41) is 14.2. The molecule has 0 saturated heterocycles. The van der Waals surface area contributed by atoms with Crippen LogP contribution in [0, 0.1) is 3.57 Å². The fourth-order valence-electron chi connectivity index (χ4n) is 2.49. The Morgan fingerprint density at radius 2 is 2.08 bits per heavy atom. The van der Waals surface area contributed by atoms with Gasteiger partial charge in [0.1, 0.15) is 18.1 Å². The van der Waals surface area contributed by atoms with E-state index in [1.54, 1.807) is 12.1 Å². The number of halogens is 3. The topological polar surface area (TPSA) is 75.3 Å². The number of rotatable bonds is 5. The molecule has 0 saturated carbocycles. The van der Waals surface area contributed by atoms with Crippen LogP contribution in [0.5, 0.6) is 5.75 Å². The zero-order valence-electron chi connectivity index (χ0n) is 13.7. The molecule has 0 bridgehead atoms. The first-order chi connectivity index (χ1) is 12.3. The molecule has 1 aliphatic heterocycles. The number of alkyl halides is 2. The van der Waals surface area contributed by atoms with E-state index in [0.717, 1.165) is 3.57 Å². The number of ether oxygens (including phenoxy) is 1. The third kappa shape index (κ3) is 3.73. The van der Waals surface area contributed by atoms with Gasteiger partial charge < -0.3 is 14.3 Å². The van der Waals surface area contributed by atoms with Crippen molar-refractivity contribution in [3.63, 3.8) is 0 Å². The van der Waals surface area contributed by atoms with Crippen LogP contribution < -0.4 is 4.74 Å². The second-order valence-electron chi connectivity index (χ2n) is 5.82. The number of hydrazone groups is 1. The molecule has 0 spiro atoms. The van der Waals surface area contributed by atoms with Crippen LogP contribution in [0.2, 0.25) is 0 Å². The zero-order valence-corrected chi connectivity index (χ0v) is 15.8. The number of aliphatic hydroxyl groups is 1. The first-order valence-electron chi connectivity index (χ1n) is 7.66. The molecule has 2 aromatic rings. The number of carbonyl (C=O) groups excluding carboxylic acids is 1. The third-order valence-electron chi connectivity index (χ3n) is 3.76. The van der Waals surface area contributed by atoms with Gasteiger partial charge in [0.2, 0.25) is 5.72 Å². The fourth-order valence-corrected chi connectivity index (χ4v) is 2.85. The van der Waals surface area contributed by atoms with Gasteiger partial charge in [-0.3, -0.25) is 4.79 Å². The molecule has 26 heavy (non-hydrogen) atoms. The van der Waals surface area contributed by atoms with E-state index < -0.39 is 24.5 Å². The molecule has 2 heterocycles. The van der Waals surface area contributed by atoms with Crippen LogP contribution in [0.1, 0.15) is 29.7 Å². The number of hydrogen-bond acceptors (Lipinski definition) is 5. The first kappa shape index (κ1) is 18.8. The summed E-state index contributed by atoms with van der Waals surface area (Å²) in [4.78, 5) is 12.4. The Bertz CT molecular complexity index is 838. The van der Waals surface area contributed by atoms with Crippen LogP contribution in [0.4, 0.5) is 8.78 Å². The smallest absolute Gasteiger partial charge is 0.312 e. The van der Waals surface area contributed by atoms with Crippen molar-refractivity contribution < 1.29 is 27.8 Å². The highest BCUT2D eigenvalue weighted by molar-refractivity contribution is 14.1. The van der Waals surface area contributed by atoms with Gasteiger partial charge in [-0.05, 0) is 65.9 Å². The van der Waals surface area contributed by atoms with Crippen molar-refractivity contribution in [2.75, 3.05) is 0 Å². The number of carbonyl (C=O) groups is 1. The van der Waals surface area contributed by atoms with Crippen LogP contribution in [-0.4, -0.2) is 33.9 Å². The average Bonchev–Trinajstić information content (AvgIpc) is 3.19. The highest BCUT2D eigenvalue weighted by Gasteiger charge is 2.51. The average molecular weight is 476 g/mol. The summed E-state index contributed by atoms with van der Waals surface area (Å²) < 4.78 is 38.4. The molecule has 1 amide bonds. The molecular formula is C17H15F2IN2O4. The number of hydrogen-bond donors (Lipinski definition) is 1. The van der Waals surface area contributed by atoms with Crippen LogP contribution in [0.15, 0.2) is 45.9 Å². The van der Waals surface area contributed by atoms with Crippen molar-refractivity contribution in [1.29, 1.82) is 0 Å². The summed E-state index contributed by atoms with van der Waals surface area (Å²) in [5.74, 6) is -0.178. The van der Waals surface area contributed by atoms with Gasteiger partial charge in [0, 0.05) is 15.7 Å². The van der Waals surface area contributed by atoms with Crippen molar-refractivity contribution in [2.45, 2.75) is 32.1 Å². The monoisotopic (exact) mass is 476 g/mol. The lowest BCUT2D eigenvalue weighted by Crippen LogP contribution is -2.51. The van der Waals surface area contributed by atoms with Gasteiger partial charge in [-0.15, -0.1) is 0 Å². The minimum atomic E-state index is -3.16. The Labute approximate surface area is 161 Å². The van der Waals surface area contributed by atoms with Crippen LogP contribution in [-0.2, 0) is 6.61 Å². The Hall–Kier alpha value is -2.01. The van der Waals surface area contributed by atoms with Crippen LogP contribution in [0.3, 0.4) is 0 Å². The molecule has 1 atom stereocenters. The van der Waals surface area contributed by atoms with E-state index >= 15 is 0 Å². The van der Waals surface area contributed by atoms with Crippen molar-refractivity contribution in [1.82, 2.24) is 5.01 Å². The van der Waals surface area contributed by atoms with Crippen LogP contribution in [0.25, 0.3) is 0 Å². The quantitative estimate of drug-likeness (QED) is 0.669. The molecular weight excluding hydrogens is 461 g/mol. The van der Waals surface area contributed by atoms with Crippen molar-refractivity contribution in [3.8, 4) is 5.75 Å². The minimum Gasteiger partial charge on any atom is -0.486 e. The molecule has 1 aromatic carbocycles. The molecule has 0 fully saturated rings. The molecule has 0 radical (unpaired) electrons. The second kappa shape index (κ2) is 7.31. The standard InChI is InChI=1S/C17H15F2IN2O4/c1-10-8-17(24,16(18)19)22(21-10)15(23)14-7-6-13(26-14)9-25-12-4-2-11(20)3-5-12/h2-7,16,24H,8-9H2,1H3. The molecule has 0 aliphatic carbocycles. The van der Waals surface area contributed by atoms with Gasteiger partial charge in [0.25, 0.3) is 6.43 Å². The molecule has 9 heteroatoms. The van der Waals surface area contributed by atoms with Gasteiger partial charge >= 0.3 is 5.91 Å². The molecule has 6 nitrogen and oxygen atoms in total. The maximum atomic E-state index is 13.2. The number of benzene rings is 1. The van der Waals surface area contributed by atoms with Gasteiger partial charge in [-0.25, -0.2) is 8.78 Å². The van der Waals surface area contributed by atoms with Gasteiger partial charge in [-0.1, -0.05) is 0 Å². The Morgan fingerprint density at radius 1 is 1.38 bits per heavy atom. The lowest BCUT2D eigenvalue weighted by molar-refractivity contribution is -0.164. The van der Waals surface area contributed by atoms with Crippen molar-refractivity contribution in [2.24, 2.45) is 5.10 Å². The zero-order chi connectivity index (χ0) is 18.9. The van der Waals surface area contributed by atoms with Gasteiger partial charge in [-0.2, -0.15) is 10.1 Å². The maximum Gasteiger partial charge on any atom is 0.312 e. The normalized spacial score (nSPS) is 19.8. The molecule has 138 valence electrons. The number of furan rings is 1. The Balaban J connectivity index is 1.70. The summed E-state index contributed by atoms with van der Waals surface area (Å²) >= 11 is 2.17. The highest BCUT2D eigenvalue weighted by atomic mass is 127. The largest absolute Gasteiger partial charge is 0.486 e. The molecule has 3 rings (SSSR count). The second-order valence-corrected chi connectivity index (χ2v) is 7.06. The first-order valence-corrected chi connectivity index (χ1v) is 8.74. The summed E-state index contributed by atoms with van der Waals surface area (Å²) in [5.41, 5.74) is -2.43. The van der Waals surface area contributed by atoms with Gasteiger partial charge in [0.15, 0.2) is 5.76 Å². The number of nitrogens with zero attached hydrogens (tertiary/aromatic N) is 2. The third-order valence-corrected chi connectivity index (χ3v) is 4.48.